The lowest BCUT2D eigenvalue weighted by Crippen LogP contribution is -2.39. The molecule has 0 spiro atoms. The van der Waals surface area contributed by atoms with Crippen LogP contribution in [0.25, 0.3) is 0 Å². The molecule has 0 unspecified atom stereocenters. The van der Waals surface area contributed by atoms with Gasteiger partial charge in [0.05, 0.1) is 4.90 Å². The predicted molar refractivity (Wildman–Crippen MR) is 82.3 cm³/mol. The van der Waals surface area contributed by atoms with E-state index in [1.165, 1.54) is 6.08 Å². The van der Waals surface area contributed by atoms with Gasteiger partial charge in [0.1, 0.15) is 0 Å². The van der Waals surface area contributed by atoms with E-state index in [2.05, 4.69) is 6.92 Å². The van der Waals surface area contributed by atoms with E-state index in [9.17, 15) is 13.2 Å². The Morgan fingerprint density at radius 2 is 1.86 bits per heavy atom. The molecule has 0 aromatic heterocycles. The van der Waals surface area contributed by atoms with E-state index in [1.54, 1.807) is 24.3 Å². The first-order chi connectivity index (χ1) is 9.95. The molecule has 0 bridgehead atoms. The van der Waals surface area contributed by atoms with Gasteiger partial charge in [-0.25, -0.2) is 12.7 Å². The van der Waals surface area contributed by atoms with Gasteiger partial charge in [-0.15, -0.1) is 0 Å². The number of carbonyl (C=O) groups is 1. The standard InChI is InChI=1S/C16H21NO3S/c1-3-4-5-14-10-11-17(16(18)12-14)21(19,20)15-8-6-13(2)7-9-15/h6-9,12H,3-5,10-11H2,1-2H3. The average Bonchev–Trinajstić information content (AvgIpc) is 2.45. The van der Waals surface area contributed by atoms with E-state index in [1.807, 2.05) is 6.92 Å². The van der Waals surface area contributed by atoms with Crippen LogP contribution in [0.5, 0.6) is 0 Å². The third-order valence-electron chi connectivity index (χ3n) is 3.67. The molecule has 1 aliphatic rings. The molecular formula is C16H21NO3S. The van der Waals surface area contributed by atoms with Gasteiger partial charge in [0, 0.05) is 12.6 Å². The Balaban J connectivity index is 2.21. The number of aryl methyl sites for hydroxylation is 1. The van der Waals surface area contributed by atoms with Gasteiger partial charge in [-0.05, 0) is 38.3 Å². The Bertz CT molecular complexity index is 645. The van der Waals surface area contributed by atoms with E-state index < -0.39 is 15.9 Å². The minimum atomic E-state index is -3.73. The van der Waals surface area contributed by atoms with Crippen LogP contribution in [0.15, 0.2) is 40.8 Å². The second-order valence-electron chi connectivity index (χ2n) is 5.38. The number of hydrogen-bond acceptors (Lipinski definition) is 3. The van der Waals surface area contributed by atoms with Crippen molar-refractivity contribution in [3.63, 3.8) is 0 Å². The minimum absolute atomic E-state index is 0.173. The Morgan fingerprint density at radius 1 is 1.19 bits per heavy atom. The van der Waals surface area contributed by atoms with Crippen molar-refractivity contribution in [3.8, 4) is 0 Å². The predicted octanol–water partition coefficient (Wildman–Crippen LogP) is 3.03. The van der Waals surface area contributed by atoms with E-state index in [0.29, 0.717) is 6.42 Å². The normalized spacial score (nSPS) is 16.0. The summed E-state index contributed by atoms with van der Waals surface area (Å²) in [6, 6.07) is 6.58. The monoisotopic (exact) mass is 307 g/mol. The zero-order chi connectivity index (χ0) is 15.5. The molecule has 1 aromatic carbocycles. The van der Waals surface area contributed by atoms with Gasteiger partial charge in [-0.1, -0.05) is 36.6 Å². The number of unbranched alkanes of at least 4 members (excludes halogenated alkanes) is 1. The van der Waals surface area contributed by atoms with Crippen molar-refractivity contribution in [1.29, 1.82) is 0 Å². The van der Waals surface area contributed by atoms with Gasteiger partial charge in [0.2, 0.25) is 0 Å². The summed E-state index contributed by atoms with van der Waals surface area (Å²) in [5.74, 6) is -0.423. The van der Waals surface area contributed by atoms with Crippen LogP contribution in [0.1, 0.15) is 38.2 Å². The third-order valence-corrected chi connectivity index (χ3v) is 5.48. The van der Waals surface area contributed by atoms with Crippen molar-refractivity contribution in [2.24, 2.45) is 0 Å². The van der Waals surface area contributed by atoms with Crippen molar-refractivity contribution in [2.75, 3.05) is 6.54 Å². The van der Waals surface area contributed by atoms with E-state index in [-0.39, 0.29) is 11.4 Å². The van der Waals surface area contributed by atoms with Crippen molar-refractivity contribution in [2.45, 2.75) is 44.4 Å². The van der Waals surface area contributed by atoms with Crippen LogP contribution in [0.4, 0.5) is 0 Å². The van der Waals surface area contributed by atoms with Crippen LogP contribution in [0.3, 0.4) is 0 Å². The Labute approximate surface area is 126 Å². The zero-order valence-electron chi connectivity index (χ0n) is 12.5. The summed E-state index contributed by atoms with van der Waals surface area (Å²) in [6.45, 7) is 4.23. The number of amides is 1. The van der Waals surface area contributed by atoms with Gasteiger partial charge < -0.3 is 0 Å². The highest BCUT2D eigenvalue weighted by atomic mass is 32.2. The summed E-state index contributed by atoms with van der Waals surface area (Å²) >= 11 is 0. The largest absolute Gasteiger partial charge is 0.269 e. The number of rotatable bonds is 5. The highest BCUT2D eigenvalue weighted by Gasteiger charge is 2.30. The topological polar surface area (TPSA) is 54.5 Å². The van der Waals surface area contributed by atoms with E-state index >= 15 is 0 Å². The molecule has 0 radical (unpaired) electrons. The van der Waals surface area contributed by atoms with Crippen LogP contribution >= 0.6 is 0 Å². The maximum Gasteiger partial charge on any atom is 0.266 e. The molecule has 0 fully saturated rings. The first kappa shape index (κ1) is 15.8. The molecule has 1 amide bonds. The molecule has 0 saturated heterocycles. The maximum atomic E-state index is 12.5. The number of nitrogens with zero attached hydrogens (tertiary/aromatic N) is 1. The molecule has 0 N–H and O–H groups in total. The second kappa shape index (κ2) is 6.43. The fourth-order valence-electron chi connectivity index (χ4n) is 2.35. The van der Waals surface area contributed by atoms with Gasteiger partial charge in [-0.3, -0.25) is 4.79 Å². The third kappa shape index (κ3) is 3.53. The van der Waals surface area contributed by atoms with Crippen LogP contribution in [-0.2, 0) is 14.8 Å². The summed E-state index contributed by atoms with van der Waals surface area (Å²) < 4.78 is 26.0. The molecule has 4 nitrogen and oxygen atoms in total. The first-order valence-electron chi connectivity index (χ1n) is 7.28. The van der Waals surface area contributed by atoms with Crippen LogP contribution in [0, 0.1) is 6.92 Å². The maximum absolute atomic E-state index is 12.5. The molecule has 1 aromatic rings. The van der Waals surface area contributed by atoms with Crippen LogP contribution in [0.2, 0.25) is 0 Å². The molecule has 0 aliphatic carbocycles. The van der Waals surface area contributed by atoms with Crippen molar-refractivity contribution in [1.82, 2.24) is 4.31 Å². The molecule has 0 saturated carbocycles. The molecule has 0 atom stereocenters. The van der Waals surface area contributed by atoms with Gasteiger partial charge >= 0.3 is 0 Å². The lowest BCUT2D eigenvalue weighted by molar-refractivity contribution is -0.122. The summed E-state index contributed by atoms with van der Waals surface area (Å²) in [4.78, 5) is 12.3. The fourth-order valence-corrected chi connectivity index (χ4v) is 3.71. The van der Waals surface area contributed by atoms with Gasteiger partial charge in [0.25, 0.3) is 15.9 Å². The van der Waals surface area contributed by atoms with Crippen LogP contribution in [-0.4, -0.2) is 25.2 Å². The zero-order valence-corrected chi connectivity index (χ0v) is 13.3. The molecule has 21 heavy (non-hydrogen) atoms. The SMILES string of the molecule is CCCCC1=CC(=O)N(S(=O)(=O)c2ccc(C)cc2)CC1. The second-order valence-corrected chi connectivity index (χ2v) is 7.25. The highest BCUT2D eigenvalue weighted by molar-refractivity contribution is 7.89. The molecule has 1 aliphatic heterocycles. The Hall–Kier alpha value is -1.62. The molecular weight excluding hydrogens is 286 g/mol. The van der Waals surface area contributed by atoms with Gasteiger partial charge in [-0.2, -0.15) is 0 Å². The van der Waals surface area contributed by atoms with Crippen molar-refractivity contribution in [3.05, 3.63) is 41.5 Å². The van der Waals surface area contributed by atoms with Crippen molar-refractivity contribution < 1.29 is 13.2 Å². The summed E-state index contributed by atoms with van der Waals surface area (Å²) in [5, 5.41) is 0. The number of benzene rings is 1. The summed E-state index contributed by atoms with van der Waals surface area (Å²) in [7, 11) is -3.73. The Kier molecular flexibility index (Phi) is 4.83. The van der Waals surface area contributed by atoms with Crippen LogP contribution < -0.4 is 0 Å². The number of hydrogen-bond donors (Lipinski definition) is 0. The summed E-state index contributed by atoms with van der Waals surface area (Å²) in [6.07, 6.45) is 5.10. The number of carbonyl (C=O) groups excluding carboxylic acids is 1. The van der Waals surface area contributed by atoms with Gasteiger partial charge in [0.15, 0.2) is 0 Å². The summed E-state index contributed by atoms with van der Waals surface area (Å²) in [5.41, 5.74) is 2.04. The molecule has 2 rings (SSSR count). The lowest BCUT2D eigenvalue weighted by atomic mass is 10.0. The molecule has 5 heteroatoms. The van der Waals surface area contributed by atoms with E-state index in [0.717, 1.165) is 34.7 Å². The average molecular weight is 307 g/mol. The molecule has 114 valence electrons. The first-order valence-corrected chi connectivity index (χ1v) is 8.72. The highest BCUT2D eigenvalue weighted by Crippen LogP contribution is 2.23. The quantitative estimate of drug-likeness (QED) is 0.840. The fraction of sp³-hybridized carbons (Fsp3) is 0.438. The van der Waals surface area contributed by atoms with E-state index in [4.69, 9.17) is 0 Å². The smallest absolute Gasteiger partial charge is 0.266 e. The van der Waals surface area contributed by atoms with Crippen molar-refractivity contribution >= 4 is 15.9 Å². The molecule has 1 heterocycles. The minimum Gasteiger partial charge on any atom is -0.269 e. The lowest BCUT2D eigenvalue weighted by Gasteiger charge is -2.26. The Morgan fingerprint density at radius 3 is 2.43 bits per heavy atom. The number of sulfonamides is 1.